The Kier molecular flexibility index (Phi) is 3.98. The highest BCUT2D eigenvalue weighted by Gasteiger charge is 2.29. The van der Waals surface area contributed by atoms with E-state index in [2.05, 4.69) is 4.98 Å². The number of carbonyl (C=O) groups is 2. The molecule has 1 N–H and O–H groups in total. The van der Waals surface area contributed by atoms with Gasteiger partial charge < -0.3 is 10.0 Å². The highest BCUT2D eigenvalue weighted by molar-refractivity contribution is 5.98. The van der Waals surface area contributed by atoms with E-state index in [0.29, 0.717) is 41.5 Å². The number of halogens is 1. The van der Waals surface area contributed by atoms with Gasteiger partial charge >= 0.3 is 5.97 Å². The number of carboxylic acid groups (broad SMARTS) is 1. The number of hydrogen-bond acceptors (Lipinski definition) is 3. The van der Waals surface area contributed by atoms with Crippen molar-refractivity contribution in [3.63, 3.8) is 0 Å². The summed E-state index contributed by atoms with van der Waals surface area (Å²) in [6, 6.07) is 5.95. The summed E-state index contributed by atoms with van der Waals surface area (Å²) >= 11 is 0. The number of aryl methyl sites for hydroxylation is 1. The summed E-state index contributed by atoms with van der Waals surface area (Å²) in [5.74, 6) is -1.97. The van der Waals surface area contributed by atoms with E-state index in [1.54, 1.807) is 24.0 Å². The first-order valence-corrected chi connectivity index (χ1v) is 7.54. The number of nitrogens with zero attached hydrogens (tertiary/aromatic N) is 2. The summed E-state index contributed by atoms with van der Waals surface area (Å²) in [5.41, 5.74) is 1.46. The molecule has 1 aromatic carbocycles. The molecule has 1 aliphatic rings. The molecule has 2 heterocycles. The third-order valence-electron chi connectivity index (χ3n) is 4.26. The van der Waals surface area contributed by atoms with Gasteiger partial charge in [-0.1, -0.05) is 0 Å². The first kappa shape index (κ1) is 15.4. The van der Waals surface area contributed by atoms with Gasteiger partial charge in [-0.3, -0.25) is 14.6 Å². The van der Waals surface area contributed by atoms with Crippen LogP contribution in [0.2, 0.25) is 0 Å². The molecule has 1 atom stereocenters. The summed E-state index contributed by atoms with van der Waals surface area (Å²) < 4.78 is 13.3. The minimum Gasteiger partial charge on any atom is -0.481 e. The van der Waals surface area contributed by atoms with Crippen molar-refractivity contribution in [1.29, 1.82) is 0 Å². The number of carboxylic acids is 1. The lowest BCUT2D eigenvalue weighted by Crippen LogP contribution is -2.42. The lowest BCUT2D eigenvalue weighted by Gasteiger charge is -2.31. The molecule has 1 amide bonds. The molecule has 3 rings (SSSR count). The predicted molar refractivity (Wildman–Crippen MR) is 82.7 cm³/mol. The maximum Gasteiger partial charge on any atom is 0.308 e. The standard InChI is InChI=1S/C17H17FN2O3/c1-10-14(7-11-4-5-13(18)8-15(11)19-10)16(21)20-6-2-3-12(9-20)17(22)23/h4-5,7-8,12H,2-3,6,9H2,1H3,(H,22,23)/t12-/m1/s1. The fourth-order valence-corrected chi connectivity index (χ4v) is 2.99. The molecule has 0 saturated carbocycles. The Labute approximate surface area is 132 Å². The van der Waals surface area contributed by atoms with Crippen molar-refractivity contribution in [1.82, 2.24) is 9.88 Å². The third-order valence-corrected chi connectivity index (χ3v) is 4.26. The zero-order chi connectivity index (χ0) is 16.6. The minimum absolute atomic E-state index is 0.216. The number of piperidine rings is 1. The molecular formula is C17H17FN2O3. The van der Waals surface area contributed by atoms with E-state index in [4.69, 9.17) is 5.11 Å². The fraction of sp³-hybridized carbons (Fsp3) is 0.353. The van der Waals surface area contributed by atoms with Crippen molar-refractivity contribution < 1.29 is 19.1 Å². The Bertz CT molecular complexity index is 791. The molecular weight excluding hydrogens is 299 g/mol. The van der Waals surface area contributed by atoms with Gasteiger partial charge in [-0.05, 0) is 38.0 Å². The van der Waals surface area contributed by atoms with Crippen molar-refractivity contribution in [2.24, 2.45) is 5.92 Å². The van der Waals surface area contributed by atoms with E-state index in [9.17, 15) is 14.0 Å². The Hall–Kier alpha value is -2.50. The molecule has 6 heteroatoms. The van der Waals surface area contributed by atoms with Crippen molar-refractivity contribution in [3.8, 4) is 0 Å². The number of benzene rings is 1. The highest BCUT2D eigenvalue weighted by Crippen LogP contribution is 2.22. The SMILES string of the molecule is Cc1nc2cc(F)ccc2cc1C(=O)N1CCC[C@@H](C(=O)O)C1. The average Bonchev–Trinajstić information content (AvgIpc) is 2.53. The van der Waals surface area contributed by atoms with Gasteiger partial charge in [0.05, 0.1) is 22.7 Å². The van der Waals surface area contributed by atoms with Gasteiger partial charge in [-0.2, -0.15) is 0 Å². The summed E-state index contributed by atoms with van der Waals surface area (Å²) in [6.45, 7) is 2.47. The highest BCUT2D eigenvalue weighted by atomic mass is 19.1. The molecule has 0 unspecified atom stereocenters. The van der Waals surface area contributed by atoms with Gasteiger partial charge in [-0.25, -0.2) is 4.39 Å². The van der Waals surface area contributed by atoms with E-state index in [0.717, 1.165) is 0 Å². The summed E-state index contributed by atoms with van der Waals surface area (Å²) in [7, 11) is 0. The number of pyridine rings is 1. The lowest BCUT2D eigenvalue weighted by atomic mass is 9.97. The first-order valence-electron chi connectivity index (χ1n) is 7.54. The van der Waals surface area contributed by atoms with Crippen LogP contribution in [0.1, 0.15) is 28.9 Å². The van der Waals surface area contributed by atoms with Gasteiger partial charge in [0.2, 0.25) is 0 Å². The van der Waals surface area contributed by atoms with Crippen LogP contribution in [0, 0.1) is 18.7 Å². The normalized spacial score (nSPS) is 18.2. The summed E-state index contributed by atoms with van der Waals surface area (Å²) in [4.78, 5) is 29.7. The first-order chi connectivity index (χ1) is 11.0. The summed E-state index contributed by atoms with van der Waals surface area (Å²) in [5, 5.41) is 9.83. The third kappa shape index (κ3) is 3.02. The Balaban J connectivity index is 1.92. The Morgan fingerprint density at radius 1 is 1.35 bits per heavy atom. The number of fused-ring (bicyclic) bond motifs is 1. The zero-order valence-electron chi connectivity index (χ0n) is 12.8. The number of aliphatic carboxylic acids is 1. The molecule has 1 aliphatic heterocycles. The van der Waals surface area contributed by atoms with Gasteiger partial charge in [-0.15, -0.1) is 0 Å². The predicted octanol–water partition coefficient (Wildman–Crippen LogP) is 2.62. The monoisotopic (exact) mass is 316 g/mol. The molecule has 2 aromatic rings. The van der Waals surface area contributed by atoms with E-state index >= 15 is 0 Å². The smallest absolute Gasteiger partial charge is 0.308 e. The van der Waals surface area contributed by atoms with Crippen molar-refractivity contribution >= 4 is 22.8 Å². The Morgan fingerprint density at radius 3 is 2.87 bits per heavy atom. The van der Waals surface area contributed by atoms with Gasteiger partial charge in [0.15, 0.2) is 0 Å². The maximum atomic E-state index is 13.3. The van der Waals surface area contributed by atoms with Crippen molar-refractivity contribution in [3.05, 3.63) is 41.3 Å². The van der Waals surface area contributed by atoms with E-state index in [-0.39, 0.29) is 18.3 Å². The molecule has 0 bridgehead atoms. The molecule has 1 aromatic heterocycles. The van der Waals surface area contributed by atoms with E-state index < -0.39 is 11.9 Å². The van der Waals surface area contributed by atoms with E-state index in [1.165, 1.54) is 12.1 Å². The maximum absolute atomic E-state index is 13.3. The second kappa shape index (κ2) is 5.95. The van der Waals surface area contributed by atoms with Crippen molar-refractivity contribution in [2.45, 2.75) is 19.8 Å². The van der Waals surface area contributed by atoms with Crippen LogP contribution in [-0.2, 0) is 4.79 Å². The van der Waals surface area contributed by atoms with Crippen LogP contribution in [0.3, 0.4) is 0 Å². The largest absolute Gasteiger partial charge is 0.481 e. The van der Waals surface area contributed by atoms with Gasteiger partial charge in [0, 0.05) is 24.5 Å². The van der Waals surface area contributed by atoms with Crippen LogP contribution in [0.25, 0.3) is 10.9 Å². The molecule has 23 heavy (non-hydrogen) atoms. The number of hydrogen-bond donors (Lipinski definition) is 1. The van der Waals surface area contributed by atoms with Crippen LogP contribution in [0.5, 0.6) is 0 Å². The van der Waals surface area contributed by atoms with Crippen LogP contribution in [0.15, 0.2) is 24.3 Å². The second-order valence-electron chi connectivity index (χ2n) is 5.89. The lowest BCUT2D eigenvalue weighted by molar-refractivity contribution is -0.143. The van der Waals surface area contributed by atoms with Gasteiger partial charge in [0.25, 0.3) is 5.91 Å². The van der Waals surface area contributed by atoms with Crippen molar-refractivity contribution in [2.75, 3.05) is 13.1 Å². The number of rotatable bonds is 2. The quantitative estimate of drug-likeness (QED) is 0.924. The molecule has 120 valence electrons. The minimum atomic E-state index is -0.869. The Morgan fingerprint density at radius 2 is 2.13 bits per heavy atom. The molecule has 1 fully saturated rings. The molecule has 5 nitrogen and oxygen atoms in total. The van der Waals surface area contributed by atoms with Crippen LogP contribution in [-0.4, -0.2) is 40.0 Å². The fourth-order valence-electron chi connectivity index (χ4n) is 2.99. The van der Waals surface area contributed by atoms with Gasteiger partial charge in [0.1, 0.15) is 5.82 Å². The van der Waals surface area contributed by atoms with Crippen LogP contribution < -0.4 is 0 Å². The summed E-state index contributed by atoms with van der Waals surface area (Å²) in [6.07, 6.45) is 1.27. The topological polar surface area (TPSA) is 70.5 Å². The number of amides is 1. The second-order valence-corrected chi connectivity index (χ2v) is 5.89. The molecule has 1 saturated heterocycles. The number of carbonyl (C=O) groups excluding carboxylic acids is 1. The molecule has 0 radical (unpaired) electrons. The zero-order valence-corrected chi connectivity index (χ0v) is 12.8. The molecule has 0 spiro atoms. The number of aromatic nitrogens is 1. The molecule has 0 aliphatic carbocycles. The van der Waals surface area contributed by atoms with Crippen LogP contribution >= 0.6 is 0 Å². The van der Waals surface area contributed by atoms with Crippen LogP contribution in [0.4, 0.5) is 4.39 Å². The average molecular weight is 316 g/mol. The number of likely N-dealkylation sites (tertiary alicyclic amines) is 1. The van der Waals surface area contributed by atoms with E-state index in [1.807, 2.05) is 0 Å².